The number of carbonyl (C=O) groups is 1. The number of H-pyrrole nitrogens is 1. The summed E-state index contributed by atoms with van der Waals surface area (Å²) in [6.07, 6.45) is 4.91. The molecule has 0 unspecified atom stereocenters. The number of aromatic nitrogens is 3. The van der Waals surface area contributed by atoms with E-state index in [9.17, 15) is 9.59 Å². The minimum Gasteiger partial charge on any atom is -0.326 e. The van der Waals surface area contributed by atoms with Gasteiger partial charge in [-0.3, -0.25) is 14.0 Å². The van der Waals surface area contributed by atoms with E-state index in [1.807, 2.05) is 47.0 Å². The van der Waals surface area contributed by atoms with Gasteiger partial charge in [-0.1, -0.05) is 36.4 Å². The lowest BCUT2D eigenvalue weighted by molar-refractivity contribution is -0.114. The third-order valence-electron chi connectivity index (χ3n) is 5.26. The number of hydrogen-bond donors (Lipinski definition) is 2. The Hall–Kier alpha value is -3.67. The number of nitrogens with one attached hydrogen (secondary N) is 2. The molecule has 0 aliphatic heterocycles. The van der Waals surface area contributed by atoms with E-state index in [2.05, 4.69) is 21.4 Å². The first kappa shape index (κ1) is 16.5. The SMILES string of the molecule is CC(=O)Nc1ccccc1Cc1cccc2c1Cc1c-2[nH]c(=O)c2nccn12. The molecule has 1 aliphatic carbocycles. The van der Waals surface area contributed by atoms with E-state index in [1.165, 1.54) is 18.1 Å². The molecule has 2 heterocycles. The summed E-state index contributed by atoms with van der Waals surface area (Å²) >= 11 is 0. The van der Waals surface area contributed by atoms with Crippen LogP contribution in [0, 0.1) is 0 Å². The van der Waals surface area contributed by atoms with Crippen LogP contribution in [0.25, 0.3) is 16.9 Å². The van der Waals surface area contributed by atoms with Gasteiger partial charge in [0, 0.05) is 37.0 Å². The summed E-state index contributed by atoms with van der Waals surface area (Å²) in [6.45, 7) is 1.51. The van der Waals surface area contributed by atoms with Gasteiger partial charge >= 0.3 is 0 Å². The summed E-state index contributed by atoms with van der Waals surface area (Å²) in [5.41, 5.74) is 7.47. The smallest absolute Gasteiger partial charge is 0.292 e. The van der Waals surface area contributed by atoms with Gasteiger partial charge in [0.25, 0.3) is 5.56 Å². The number of rotatable bonds is 3. The summed E-state index contributed by atoms with van der Waals surface area (Å²) in [6, 6.07) is 14.0. The minimum atomic E-state index is -0.182. The van der Waals surface area contributed by atoms with Crippen molar-refractivity contribution in [2.24, 2.45) is 0 Å². The van der Waals surface area contributed by atoms with Crippen molar-refractivity contribution in [2.75, 3.05) is 5.32 Å². The number of benzene rings is 2. The number of para-hydroxylation sites is 1. The van der Waals surface area contributed by atoms with Gasteiger partial charge in [0.2, 0.25) is 11.6 Å². The number of hydrogen-bond acceptors (Lipinski definition) is 3. The zero-order valence-electron chi connectivity index (χ0n) is 15.3. The van der Waals surface area contributed by atoms with Crippen molar-refractivity contribution in [1.82, 2.24) is 14.4 Å². The average Bonchev–Trinajstić information content (AvgIpc) is 3.29. The molecule has 0 spiro atoms. The third-order valence-corrected chi connectivity index (χ3v) is 5.26. The number of amides is 1. The first-order chi connectivity index (χ1) is 13.6. The summed E-state index contributed by atoms with van der Waals surface area (Å²) in [4.78, 5) is 31.1. The molecule has 0 saturated carbocycles. The molecular weight excluding hydrogens is 352 g/mol. The first-order valence-corrected chi connectivity index (χ1v) is 9.16. The molecule has 0 saturated heterocycles. The highest BCUT2D eigenvalue weighted by Crippen LogP contribution is 2.37. The fraction of sp³-hybridized carbons (Fsp3) is 0.136. The Labute approximate surface area is 160 Å². The molecule has 6 heteroatoms. The largest absolute Gasteiger partial charge is 0.326 e. The summed E-state index contributed by atoms with van der Waals surface area (Å²) in [5, 5.41) is 2.91. The fourth-order valence-electron chi connectivity index (χ4n) is 4.05. The quantitative estimate of drug-likeness (QED) is 0.512. The highest BCUT2D eigenvalue weighted by atomic mass is 16.1. The molecule has 2 aromatic carbocycles. The molecule has 1 amide bonds. The van der Waals surface area contributed by atoms with Gasteiger partial charge in [-0.15, -0.1) is 0 Å². The maximum absolute atomic E-state index is 12.4. The molecule has 0 bridgehead atoms. The van der Waals surface area contributed by atoms with E-state index in [1.54, 1.807) is 6.20 Å². The van der Waals surface area contributed by atoms with Crippen LogP contribution in [0.4, 0.5) is 5.69 Å². The van der Waals surface area contributed by atoms with Gasteiger partial charge < -0.3 is 10.3 Å². The third kappa shape index (κ3) is 2.53. The molecule has 0 atom stereocenters. The zero-order valence-corrected chi connectivity index (χ0v) is 15.3. The lowest BCUT2D eigenvalue weighted by Gasteiger charge is -2.12. The molecule has 0 radical (unpaired) electrons. The molecule has 4 aromatic rings. The van der Waals surface area contributed by atoms with Crippen molar-refractivity contribution in [3.05, 3.63) is 87.6 Å². The summed E-state index contributed by atoms with van der Waals surface area (Å²) in [7, 11) is 0. The van der Waals surface area contributed by atoms with Gasteiger partial charge in [0.1, 0.15) is 0 Å². The highest BCUT2D eigenvalue weighted by molar-refractivity contribution is 5.89. The molecule has 2 N–H and O–H groups in total. The molecule has 28 heavy (non-hydrogen) atoms. The highest BCUT2D eigenvalue weighted by Gasteiger charge is 2.25. The van der Waals surface area contributed by atoms with Crippen LogP contribution < -0.4 is 10.9 Å². The van der Waals surface area contributed by atoms with Crippen LogP contribution in [0.3, 0.4) is 0 Å². The second kappa shape index (κ2) is 6.20. The number of fused-ring (bicyclic) bond motifs is 5. The summed E-state index contributed by atoms with van der Waals surface area (Å²) in [5.74, 6) is -0.0850. The second-order valence-electron chi connectivity index (χ2n) is 7.03. The second-order valence-corrected chi connectivity index (χ2v) is 7.03. The molecular formula is C22H18N4O2. The van der Waals surface area contributed by atoms with Crippen molar-refractivity contribution in [1.29, 1.82) is 0 Å². The van der Waals surface area contributed by atoms with Crippen molar-refractivity contribution in [2.45, 2.75) is 19.8 Å². The van der Waals surface area contributed by atoms with Crippen LogP contribution in [-0.4, -0.2) is 20.3 Å². The normalized spacial score (nSPS) is 12.0. The Bertz CT molecular complexity index is 1300. The predicted molar refractivity (Wildman–Crippen MR) is 108 cm³/mol. The van der Waals surface area contributed by atoms with Gasteiger partial charge in [0.15, 0.2) is 0 Å². The topological polar surface area (TPSA) is 79.3 Å². The molecule has 138 valence electrons. The molecule has 0 fully saturated rings. The number of anilines is 1. The van der Waals surface area contributed by atoms with Crippen LogP contribution >= 0.6 is 0 Å². The standard InChI is InChI=1S/C22H18N4O2/c1-13(27)24-18-8-3-2-5-15(18)11-14-6-4-7-16-17(14)12-19-20(16)25-22(28)21-23-9-10-26(19)21/h2-10H,11-12H2,1H3,(H,24,27)(H,25,28). The number of aromatic amines is 1. The van der Waals surface area contributed by atoms with E-state index in [0.29, 0.717) is 12.1 Å². The summed E-state index contributed by atoms with van der Waals surface area (Å²) < 4.78 is 1.88. The van der Waals surface area contributed by atoms with Crippen LogP contribution in [-0.2, 0) is 17.6 Å². The van der Waals surface area contributed by atoms with E-state index in [0.717, 1.165) is 34.6 Å². The maximum Gasteiger partial charge on any atom is 0.292 e. The van der Waals surface area contributed by atoms with Gasteiger partial charge in [-0.25, -0.2) is 4.98 Å². The Morgan fingerprint density at radius 1 is 1.18 bits per heavy atom. The monoisotopic (exact) mass is 370 g/mol. The van der Waals surface area contributed by atoms with Crippen LogP contribution in [0.15, 0.2) is 59.7 Å². The Morgan fingerprint density at radius 3 is 2.86 bits per heavy atom. The fourth-order valence-corrected chi connectivity index (χ4v) is 4.05. The molecule has 2 aromatic heterocycles. The molecule has 1 aliphatic rings. The van der Waals surface area contributed by atoms with Gasteiger partial charge in [0.05, 0.1) is 11.4 Å². The van der Waals surface area contributed by atoms with E-state index >= 15 is 0 Å². The number of nitrogens with zero attached hydrogens (tertiary/aromatic N) is 2. The van der Waals surface area contributed by atoms with Crippen molar-refractivity contribution < 1.29 is 4.79 Å². The Morgan fingerprint density at radius 2 is 2.00 bits per heavy atom. The Balaban J connectivity index is 1.60. The molecule has 5 rings (SSSR count). The van der Waals surface area contributed by atoms with Crippen molar-refractivity contribution in [3.63, 3.8) is 0 Å². The molecule has 6 nitrogen and oxygen atoms in total. The number of imidazole rings is 1. The maximum atomic E-state index is 12.4. The number of carbonyl (C=O) groups excluding carboxylic acids is 1. The van der Waals surface area contributed by atoms with Crippen LogP contribution in [0.1, 0.15) is 29.3 Å². The van der Waals surface area contributed by atoms with E-state index in [4.69, 9.17) is 0 Å². The average molecular weight is 370 g/mol. The lowest BCUT2D eigenvalue weighted by atomic mass is 9.96. The predicted octanol–water partition coefficient (Wildman–Crippen LogP) is 3.14. The van der Waals surface area contributed by atoms with Crippen LogP contribution in [0.2, 0.25) is 0 Å². The minimum absolute atomic E-state index is 0.0850. The first-order valence-electron chi connectivity index (χ1n) is 9.16. The van der Waals surface area contributed by atoms with Crippen molar-refractivity contribution >= 4 is 17.2 Å². The van der Waals surface area contributed by atoms with Gasteiger partial charge in [-0.05, 0) is 29.2 Å². The van der Waals surface area contributed by atoms with E-state index < -0.39 is 0 Å². The Kier molecular flexibility index (Phi) is 3.65. The van der Waals surface area contributed by atoms with Gasteiger partial charge in [-0.2, -0.15) is 0 Å². The van der Waals surface area contributed by atoms with E-state index in [-0.39, 0.29) is 11.5 Å². The lowest BCUT2D eigenvalue weighted by Crippen LogP contribution is -2.13. The zero-order chi connectivity index (χ0) is 19.3. The van der Waals surface area contributed by atoms with Crippen molar-refractivity contribution in [3.8, 4) is 11.3 Å². The van der Waals surface area contributed by atoms with Crippen LogP contribution in [0.5, 0.6) is 0 Å².